The summed E-state index contributed by atoms with van der Waals surface area (Å²) in [6, 6.07) is 0. The maximum Gasteiger partial charge on any atom is 0.307 e. The molecule has 0 spiro atoms. The van der Waals surface area contributed by atoms with Gasteiger partial charge in [-0.2, -0.15) is 4.98 Å². The molecule has 1 unspecified atom stereocenters. The quantitative estimate of drug-likeness (QED) is 0.675. The van der Waals surface area contributed by atoms with Crippen LogP contribution < -0.4 is 5.32 Å². The van der Waals surface area contributed by atoms with Crippen LogP contribution in [0.2, 0.25) is 0 Å². The second-order valence-corrected chi connectivity index (χ2v) is 8.80. The average Bonchev–Trinajstić information content (AvgIpc) is 3.02. The molecule has 0 amide bonds. The van der Waals surface area contributed by atoms with E-state index in [1.807, 2.05) is 27.8 Å². The topological polar surface area (TPSA) is 88.2 Å². The highest BCUT2D eigenvalue weighted by Crippen LogP contribution is 2.41. The maximum absolute atomic E-state index is 12.1. The fourth-order valence-corrected chi connectivity index (χ4v) is 4.33. The zero-order valence-corrected chi connectivity index (χ0v) is 16.8. The summed E-state index contributed by atoms with van der Waals surface area (Å²) in [6.07, 6.45) is 9.64. The first-order chi connectivity index (χ1) is 12.3. The van der Waals surface area contributed by atoms with Crippen LogP contribution in [0.3, 0.4) is 0 Å². The number of carboxylic acid groups (broad SMARTS) is 1. The Morgan fingerprint density at radius 2 is 2.00 bits per heavy atom. The standard InChI is InChI=1S/C20H35N3O3/c1-20(2,3)17(19(24)25)15(18-22-16(13-21-4)23-26-18)12-8-11-14-9-6-5-7-10-14/h14-15,17,21H,5-13H2,1-4H3,(H,24,25)/t15-,17?/m1/s1. The van der Waals surface area contributed by atoms with Crippen molar-refractivity contribution in [1.82, 2.24) is 15.5 Å². The summed E-state index contributed by atoms with van der Waals surface area (Å²) in [4.78, 5) is 16.5. The molecule has 2 atom stereocenters. The fraction of sp³-hybridized carbons (Fsp3) is 0.850. The normalized spacial score (nSPS) is 18.6. The Balaban J connectivity index is 2.12. The first-order valence-electron chi connectivity index (χ1n) is 10.0. The minimum absolute atomic E-state index is 0.241. The van der Waals surface area contributed by atoms with Crippen LogP contribution in [0.5, 0.6) is 0 Å². The van der Waals surface area contributed by atoms with Gasteiger partial charge in [-0.05, 0) is 24.8 Å². The summed E-state index contributed by atoms with van der Waals surface area (Å²) in [5.41, 5.74) is -0.376. The number of hydrogen-bond acceptors (Lipinski definition) is 5. The van der Waals surface area contributed by atoms with E-state index >= 15 is 0 Å². The van der Waals surface area contributed by atoms with Gasteiger partial charge >= 0.3 is 5.97 Å². The van der Waals surface area contributed by atoms with Crippen molar-refractivity contribution in [1.29, 1.82) is 0 Å². The Bertz CT molecular complexity index is 559. The monoisotopic (exact) mass is 365 g/mol. The molecule has 1 fully saturated rings. The number of nitrogens with one attached hydrogen (secondary N) is 1. The molecule has 1 heterocycles. The van der Waals surface area contributed by atoms with E-state index in [9.17, 15) is 9.90 Å². The smallest absolute Gasteiger partial charge is 0.307 e. The van der Waals surface area contributed by atoms with E-state index < -0.39 is 11.9 Å². The van der Waals surface area contributed by atoms with Crippen LogP contribution in [0.4, 0.5) is 0 Å². The van der Waals surface area contributed by atoms with Crippen LogP contribution in [0.15, 0.2) is 4.52 Å². The molecule has 0 saturated heterocycles. The van der Waals surface area contributed by atoms with Crippen LogP contribution in [-0.2, 0) is 11.3 Å². The first-order valence-corrected chi connectivity index (χ1v) is 10.0. The zero-order chi connectivity index (χ0) is 19.2. The summed E-state index contributed by atoms with van der Waals surface area (Å²) < 4.78 is 5.48. The lowest BCUT2D eigenvalue weighted by Gasteiger charge is -2.32. The fourth-order valence-electron chi connectivity index (χ4n) is 4.33. The van der Waals surface area contributed by atoms with Gasteiger partial charge in [-0.15, -0.1) is 0 Å². The van der Waals surface area contributed by atoms with Crippen molar-refractivity contribution in [2.45, 2.75) is 84.6 Å². The van der Waals surface area contributed by atoms with Crippen LogP contribution in [-0.4, -0.2) is 28.3 Å². The lowest BCUT2D eigenvalue weighted by molar-refractivity contribution is -0.147. The summed E-state index contributed by atoms with van der Waals surface area (Å²) in [7, 11) is 1.83. The molecule has 1 aliphatic rings. The average molecular weight is 366 g/mol. The Labute approximate surface area is 157 Å². The molecular formula is C20H35N3O3. The van der Waals surface area contributed by atoms with Crippen molar-refractivity contribution in [3.05, 3.63) is 11.7 Å². The third-order valence-corrected chi connectivity index (χ3v) is 5.59. The summed E-state index contributed by atoms with van der Waals surface area (Å²) in [5.74, 6) is 0.281. The predicted octanol–water partition coefficient (Wildman–Crippen LogP) is 4.37. The minimum atomic E-state index is -0.784. The molecule has 0 aliphatic heterocycles. The van der Waals surface area contributed by atoms with E-state index in [0.717, 1.165) is 18.8 Å². The molecule has 2 N–H and O–H groups in total. The number of aromatic nitrogens is 2. The SMILES string of the molecule is CNCc1noc([C@H](CCCC2CCCCC2)C(C(=O)O)C(C)(C)C)n1. The van der Waals surface area contributed by atoms with Gasteiger partial charge in [0.15, 0.2) is 5.82 Å². The Morgan fingerprint density at radius 1 is 1.31 bits per heavy atom. The van der Waals surface area contributed by atoms with E-state index in [-0.39, 0.29) is 11.3 Å². The third-order valence-electron chi connectivity index (χ3n) is 5.59. The largest absolute Gasteiger partial charge is 0.481 e. The van der Waals surface area contributed by atoms with Crippen LogP contribution in [0, 0.1) is 17.3 Å². The molecule has 6 nitrogen and oxygen atoms in total. The number of carbonyl (C=O) groups is 1. The third kappa shape index (κ3) is 5.79. The first kappa shape index (κ1) is 20.9. The van der Waals surface area contributed by atoms with Gasteiger partial charge in [-0.1, -0.05) is 70.9 Å². The summed E-state index contributed by atoms with van der Waals surface area (Å²) in [5, 5.41) is 16.9. The highest BCUT2D eigenvalue weighted by atomic mass is 16.5. The van der Waals surface area contributed by atoms with E-state index in [1.165, 1.54) is 38.5 Å². The molecule has 0 bridgehead atoms. The van der Waals surface area contributed by atoms with Gasteiger partial charge in [-0.25, -0.2) is 0 Å². The van der Waals surface area contributed by atoms with E-state index in [1.54, 1.807) is 0 Å². The molecule has 1 aliphatic carbocycles. The van der Waals surface area contributed by atoms with Gasteiger partial charge in [0.25, 0.3) is 0 Å². The highest BCUT2D eigenvalue weighted by Gasteiger charge is 2.41. The van der Waals surface area contributed by atoms with Gasteiger partial charge in [0.05, 0.1) is 18.4 Å². The molecule has 0 aromatic carbocycles. The van der Waals surface area contributed by atoms with Crippen LogP contribution >= 0.6 is 0 Å². The van der Waals surface area contributed by atoms with Gasteiger partial charge in [-0.3, -0.25) is 4.79 Å². The Hall–Kier alpha value is -1.43. The highest BCUT2D eigenvalue weighted by molar-refractivity contribution is 5.72. The number of rotatable bonds is 9. The molecule has 148 valence electrons. The van der Waals surface area contributed by atoms with E-state index in [4.69, 9.17) is 4.52 Å². The van der Waals surface area contributed by atoms with E-state index in [0.29, 0.717) is 18.3 Å². The number of carboxylic acids is 1. The second kappa shape index (κ2) is 9.49. The van der Waals surface area contributed by atoms with Crippen molar-refractivity contribution in [2.24, 2.45) is 17.3 Å². The molecular weight excluding hydrogens is 330 g/mol. The number of hydrogen-bond donors (Lipinski definition) is 2. The molecule has 6 heteroatoms. The maximum atomic E-state index is 12.1. The summed E-state index contributed by atoms with van der Waals surface area (Å²) >= 11 is 0. The van der Waals surface area contributed by atoms with Crippen LogP contribution in [0.1, 0.15) is 89.8 Å². The zero-order valence-electron chi connectivity index (χ0n) is 16.8. The van der Waals surface area contributed by atoms with Crippen LogP contribution in [0.25, 0.3) is 0 Å². The van der Waals surface area contributed by atoms with Crippen molar-refractivity contribution in [2.75, 3.05) is 7.05 Å². The molecule has 0 radical (unpaired) electrons. The molecule has 2 rings (SSSR count). The number of aliphatic carboxylic acids is 1. The predicted molar refractivity (Wildman–Crippen MR) is 101 cm³/mol. The van der Waals surface area contributed by atoms with Crippen molar-refractivity contribution >= 4 is 5.97 Å². The Kier molecular flexibility index (Phi) is 7.62. The van der Waals surface area contributed by atoms with Gasteiger partial charge in [0.1, 0.15) is 0 Å². The number of nitrogens with zero attached hydrogens (tertiary/aromatic N) is 2. The van der Waals surface area contributed by atoms with Crippen molar-refractivity contribution < 1.29 is 14.4 Å². The molecule has 1 aromatic rings. The Morgan fingerprint density at radius 3 is 2.58 bits per heavy atom. The second-order valence-electron chi connectivity index (χ2n) is 8.80. The minimum Gasteiger partial charge on any atom is -0.481 e. The van der Waals surface area contributed by atoms with Gasteiger partial charge in [0, 0.05) is 0 Å². The molecule has 1 aromatic heterocycles. The summed E-state index contributed by atoms with van der Waals surface area (Å²) in [6.45, 7) is 6.45. The van der Waals surface area contributed by atoms with E-state index in [2.05, 4.69) is 15.5 Å². The van der Waals surface area contributed by atoms with Gasteiger partial charge < -0.3 is 14.9 Å². The molecule has 26 heavy (non-hydrogen) atoms. The van der Waals surface area contributed by atoms with Crippen molar-refractivity contribution in [3.8, 4) is 0 Å². The lowest BCUT2D eigenvalue weighted by atomic mass is 9.71. The van der Waals surface area contributed by atoms with Crippen molar-refractivity contribution in [3.63, 3.8) is 0 Å². The lowest BCUT2D eigenvalue weighted by Crippen LogP contribution is -2.34. The molecule has 1 saturated carbocycles. The van der Waals surface area contributed by atoms with Gasteiger partial charge in [0.2, 0.25) is 5.89 Å².